The highest BCUT2D eigenvalue weighted by atomic mass is 16.1. The molecule has 0 fully saturated rings. The van der Waals surface area contributed by atoms with Crippen molar-refractivity contribution in [3.8, 4) is 6.07 Å². The molecular formula is C15H19N3O. The molecule has 0 aliphatic carbocycles. The third-order valence-corrected chi connectivity index (χ3v) is 2.55. The second-order valence-electron chi connectivity index (χ2n) is 4.12. The number of hydrogen-bond donors (Lipinski definition) is 2. The van der Waals surface area contributed by atoms with Crippen molar-refractivity contribution in [2.75, 3.05) is 13.1 Å². The number of amides is 1. The van der Waals surface area contributed by atoms with E-state index in [2.05, 4.69) is 10.6 Å². The fourth-order valence-corrected chi connectivity index (χ4v) is 1.52. The molecule has 0 saturated heterocycles. The molecule has 1 aromatic carbocycles. The summed E-state index contributed by atoms with van der Waals surface area (Å²) < 4.78 is 0. The molecule has 1 rings (SSSR count). The van der Waals surface area contributed by atoms with Gasteiger partial charge in [0, 0.05) is 19.3 Å². The Bertz CT molecular complexity index is 460. The van der Waals surface area contributed by atoms with Crippen LogP contribution in [0.3, 0.4) is 0 Å². The van der Waals surface area contributed by atoms with Gasteiger partial charge >= 0.3 is 0 Å². The summed E-state index contributed by atoms with van der Waals surface area (Å²) in [5, 5.41) is 14.6. The van der Waals surface area contributed by atoms with Crippen molar-refractivity contribution < 1.29 is 4.79 Å². The van der Waals surface area contributed by atoms with E-state index in [9.17, 15) is 4.79 Å². The quantitative estimate of drug-likeness (QED) is 0.444. The second kappa shape index (κ2) is 8.76. The van der Waals surface area contributed by atoms with E-state index < -0.39 is 0 Å². The van der Waals surface area contributed by atoms with E-state index in [4.69, 9.17) is 5.26 Å². The molecule has 0 unspecified atom stereocenters. The molecule has 19 heavy (non-hydrogen) atoms. The van der Waals surface area contributed by atoms with Gasteiger partial charge in [0.25, 0.3) is 5.91 Å². The van der Waals surface area contributed by atoms with Crippen molar-refractivity contribution >= 4 is 5.91 Å². The van der Waals surface area contributed by atoms with Crippen LogP contribution >= 0.6 is 0 Å². The van der Waals surface area contributed by atoms with E-state index in [0.717, 1.165) is 12.8 Å². The Morgan fingerprint density at radius 2 is 2.05 bits per heavy atom. The Kier molecular flexibility index (Phi) is 6.81. The molecule has 0 radical (unpaired) electrons. The molecule has 1 amide bonds. The van der Waals surface area contributed by atoms with E-state index in [-0.39, 0.29) is 11.5 Å². The van der Waals surface area contributed by atoms with Crippen molar-refractivity contribution in [1.82, 2.24) is 10.6 Å². The summed E-state index contributed by atoms with van der Waals surface area (Å²) in [4.78, 5) is 11.6. The molecule has 0 spiro atoms. The molecule has 0 aromatic heterocycles. The predicted molar refractivity (Wildman–Crippen MR) is 75.1 cm³/mol. The summed E-state index contributed by atoms with van der Waals surface area (Å²) in [5.41, 5.74) is 1.33. The van der Waals surface area contributed by atoms with Crippen molar-refractivity contribution in [1.29, 1.82) is 5.26 Å². The van der Waals surface area contributed by atoms with Gasteiger partial charge in [0.15, 0.2) is 0 Å². The molecule has 4 heteroatoms. The van der Waals surface area contributed by atoms with E-state index in [0.29, 0.717) is 13.1 Å². The SMILES string of the molecule is CCCNC(=O)/C(C#N)=C\NCCc1ccccc1. The van der Waals surface area contributed by atoms with Crippen LogP contribution in [0.25, 0.3) is 0 Å². The molecule has 0 aliphatic heterocycles. The fourth-order valence-electron chi connectivity index (χ4n) is 1.52. The van der Waals surface area contributed by atoms with Gasteiger partial charge in [-0.3, -0.25) is 4.79 Å². The maximum atomic E-state index is 11.6. The maximum Gasteiger partial charge on any atom is 0.263 e. The molecule has 1 aromatic rings. The molecule has 0 saturated carbocycles. The number of carbonyl (C=O) groups is 1. The van der Waals surface area contributed by atoms with Crippen LogP contribution in [0.15, 0.2) is 42.1 Å². The summed E-state index contributed by atoms with van der Waals surface area (Å²) in [6, 6.07) is 11.9. The van der Waals surface area contributed by atoms with Gasteiger partial charge in [-0.25, -0.2) is 0 Å². The minimum absolute atomic E-state index is 0.113. The zero-order chi connectivity index (χ0) is 13.9. The van der Waals surface area contributed by atoms with Gasteiger partial charge in [-0.1, -0.05) is 37.3 Å². The summed E-state index contributed by atoms with van der Waals surface area (Å²) >= 11 is 0. The summed E-state index contributed by atoms with van der Waals surface area (Å²) in [6.45, 7) is 3.24. The van der Waals surface area contributed by atoms with Gasteiger partial charge in [-0.05, 0) is 18.4 Å². The van der Waals surface area contributed by atoms with Crippen LogP contribution in [0.5, 0.6) is 0 Å². The van der Waals surface area contributed by atoms with Crippen molar-refractivity contribution in [3.05, 3.63) is 47.7 Å². The molecule has 0 bridgehead atoms. The van der Waals surface area contributed by atoms with Crippen LogP contribution in [-0.4, -0.2) is 19.0 Å². The van der Waals surface area contributed by atoms with Crippen LogP contribution < -0.4 is 10.6 Å². The van der Waals surface area contributed by atoms with Gasteiger partial charge in [0.1, 0.15) is 11.6 Å². The predicted octanol–water partition coefficient (Wildman–Crippen LogP) is 1.75. The monoisotopic (exact) mass is 257 g/mol. The lowest BCUT2D eigenvalue weighted by Gasteiger charge is -2.04. The van der Waals surface area contributed by atoms with E-state index in [1.807, 2.05) is 43.3 Å². The van der Waals surface area contributed by atoms with Crippen molar-refractivity contribution in [3.63, 3.8) is 0 Å². The normalized spacial score (nSPS) is 10.6. The number of nitriles is 1. The number of carbonyl (C=O) groups excluding carboxylic acids is 1. The number of benzene rings is 1. The second-order valence-corrected chi connectivity index (χ2v) is 4.12. The van der Waals surface area contributed by atoms with Gasteiger partial charge in [-0.15, -0.1) is 0 Å². The lowest BCUT2D eigenvalue weighted by atomic mass is 10.1. The highest BCUT2D eigenvalue weighted by molar-refractivity contribution is 5.97. The Morgan fingerprint density at radius 1 is 1.32 bits per heavy atom. The Hall–Kier alpha value is -2.28. The molecule has 2 N–H and O–H groups in total. The van der Waals surface area contributed by atoms with Crippen LogP contribution in [0.1, 0.15) is 18.9 Å². The van der Waals surface area contributed by atoms with Gasteiger partial charge in [-0.2, -0.15) is 5.26 Å². The van der Waals surface area contributed by atoms with E-state index >= 15 is 0 Å². The third-order valence-electron chi connectivity index (χ3n) is 2.55. The van der Waals surface area contributed by atoms with Crippen LogP contribution in [-0.2, 0) is 11.2 Å². The third kappa shape index (κ3) is 5.73. The van der Waals surface area contributed by atoms with E-state index in [1.165, 1.54) is 11.8 Å². The number of nitrogens with zero attached hydrogens (tertiary/aromatic N) is 1. The van der Waals surface area contributed by atoms with Crippen molar-refractivity contribution in [2.45, 2.75) is 19.8 Å². The minimum atomic E-state index is -0.323. The van der Waals surface area contributed by atoms with Gasteiger partial charge in [0.2, 0.25) is 0 Å². The van der Waals surface area contributed by atoms with Crippen LogP contribution in [0, 0.1) is 11.3 Å². The summed E-state index contributed by atoms with van der Waals surface area (Å²) in [5.74, 6) is -0.323. The minimum Gasteiger partial charge on any atom is -0.389 e. The lowest BCUT2D eigenvalue weighted by Crippen LogP contribution is -2.26. The Morgan fingerprint density at radius 3 is 2.68 bits per heavy atom. The number of rotatable bonds is 7. The Labute approximate surface area is 114 Å². The number of nitrogens with one attached hydrogen (secondary N) is 2. The topological polar surface area (TPSA) is 64.9 Å². The molecular weight excluding hydrogens is 238 g/mol. The standard InChI is InChI=1S/C15H19N3O/c1-2-9-18-15(19)14(11-16)12-17-10-8-13-6-4-3-5-7-13/h3-7,12,17H,2,8-10H2,1H3,(H,18,19)/b14-12-. The average Bonchev–Trinajstić information content (AvgIpc) is 2.46. The van der Waals surface area contributed by atoms with Crippen LogP contribution in [0.4, 0.5) is 0 Å². The van der Waals surface area contributed by atoms with E-state index in [1.54, 1.807) is 0 Å². The zero-order valence-corrected chi connectivity index (χ0v) is 11.1. The molecule has 0 heterocycles. The zero-order valence-electron chi connectivity index (χ0n) is 11.1. The van der Waals surface area contributed by atoms with Gasteiger partial charge < -0.3 is 10.6 Å². The highest BCUT2D eigenvalue weighted by Crippen LogP contribution is 1.98. The molecule has 100 valence electrons. The molecule has 0 atom stereocenters. The summed E-state index contributed by atoms with van der Waals surface area (Å²) in [6.07, 6.45) is 3.19. The molecule has 4 nitrogen and oxygen atoms in total. The molecule has 0 aliphatic rings. The largest absolute Gasteiger partial charge is 0.389 e. The smallest absolute Gasteiger partial charge is 0.263 e. The average molecular weight is 257 g/mol. The summed E-state index contributed by atoms with van der Waals surface area (Å²) in [7, 11) is 0. The first kappa shape index (κ1) is 14.8. The lowest BCUT2D eigenvalue weighted by molar-refractivity contribution is -0.117. The highest BCUT2D eigenvalue weighted by Gasteiger charge is 2.06. The first-order valence-corrected chi connectivity index (χ1v) is 6.43. The first-order chi connectivity index (χ1) is 9.27. The van der Waals surface area contributed by atoms with Crippen LogP contribution in [0.2, 0.25) is 0 Å². The number of hydrogen-bond acceptors (Lipinski definition) is 3. The first-order valence-electron chi connectivity index (χ1n) is 6.43. The Balaban J connectivity index is 2.37. The van der Waals surface area contributed by atoms with Crippen molar-refractivity contribution in [2.24, 2.45) is 0 Å². The maximum absolute atomic E-state index is 11.6. The fraction of sp³-hybridized carbons (Fsp3) is 0.333. The van der Waals surface area contributed by atoms with Gasteiger partial charge in [0.05, 0.1) is 0 Å².